The molecule has 6 heteroatoms. The van der Waals surface area contributed by atoms with Crippen molar-refractivity contribution in [3.63, 3.8) is 0 Å². The maximum atomic E-state index is 12.2. The minimum atomic E-state index is -0.279. The zero-order valence-electron chi connectivity index (χ0n) is 17.4. The van der Waals surface area contributed by atoms with Crippen molar-refractivity contribution >= 4 is 5.65 Å². The Kier molecular flexibility index (Phi) is 5.20. The highest BCUT2D eigenvalue weighted by atomic mass is 16.2. The standard InChI is InChI=1S/C24H23N5O/c1-4-7-22-21(23-27-24(30)28(3)29(23)16(2)26-22)14-17-10-12-18(13-11-17)20-9-6-5-8-19(20)15-25/h5-6,8-13H,4,7,14H2,1-3H3. The number of benzene rings is 2. The second-order valence-corrected chi connectivity index (χ2v) is 7.42. The summed E-state index contributed by atoms with van der Waals surface area (Å²) in [6, 6.07) is 18.1. The van der Waals surface area contributed by atoms with Gasteiger partial charge in [0.05, 0.1) is 11.6 Å². The molecular formula is C24H23N5O. The van der Waals surface area contributed by atoms with Crippen molar-refractivity contribution in [1.82, 2.24) is 19.2 Å². The van der Waals surface area contributed by atoms with Crippen LogP contribution in [0.15, 0.2) is 53.3 Å². The lowest BCUT2D eigenvalue weighted by atomic mass is 9.97. The minimum Gasteiger partial charge on any atom is -0.244 e. The summed E-state index contributed by atoms with van der Waals surface area (Å²) in [6.07, 6.45) is 2.45. The van der Waals surface area contributed by atoms with E-state index in [2.05, 4.69) is 30.1 Å². The predicted octanol–water partition coefficient (Wildman–Crippen LogP) is 3.82. The molecule has 6 nitrogen and oxygen atoms in total. The van der Waals surface area contributed by atoms with Gasteiger partial charge in [-0.3, -0.25) is 0 Å². The molecule has 0 atom stereocenters. The Balaban J connectivity index is 1.77. The molecule has 0 fully saturated rings. The van der Waals surface area contributed by atoms with Crippen molar-refractivity contribution in [1.29, 1.82) is 5.26 Å². The summed E-state index contributed by atoms with van der Waals surface area (Å²) < 4.78 is 3.28. The van der Waals surface area contributed by atoms with Gasteiger partial charge in [-0.2, -0.15) is 10.2 Å². The molecule has 4 aromatic rings. The lowest BCUT2D eigenvalue weighted by molar-refractivity contribution is 0.640. The van der Waals surface area contributed by atoms with Gasteiger partial charge >= 0.3 is 5.69 Å². The monoisotopic (exact) mass is 397 g/mol. The third-order valence-electron chi connectivity index (χ3n) is 5.38. The quantitative estimate of drug-likeness (QED) is 0.513. The van der Waals surface area contributed by atoms with Gasteiger partial charge in [0.1, 0.15) is 5.82 Å². The smallest absolute Gasteiger partial charge is 0.244 e. The summed E-state index contributed by atoms with van der Waals surface area (Å²) in [6.45, 7) is 4.02. The van der Waals surface area contributed by atoms with E-state index in [4.69, 9.17) is 4.98 Å². The Morgan fingerprint density at radius 3 is 2.50 bits per heavy atom. The van der Waals surface area contributed by atoms with E-state index in [0.717, 1.165) is 46.6 Å². The van der Waals surface area contributed by atoms with Crippen LogP contribution in [-0.2, 0) is 19.9 Å². The van der Waals surface area contributed by atoms with Crippen molar-refractivity contribution in [2.75, 3.05) is 0 Å². The van der Waals surface area contributed by atoms with Gasteiger partial charge in [0.25, 0.3) is 0 Å². The molecule has 2 aromatic carbocycles. The van der Waals surface area contributed by atoms with Crippen LogP contribution in [0.4, 0.5) is 0 Å². The molecule has 0 spiro atoms. The molecule has 150 valence electrons. The van der Waals surface area contributed by atoms with Crippen LogP contribution in [0.5, 0.6) is 0 Å². The van der Waals surface area contributed by atoms with Gasteiger partial charge < -0.3 is 0 Å². The highest BCUT2D eigenvalue weighted by Crippen LogP contribution is 2.25. The Bertz CT molecular complexity index is 1320. The van der Waals surface area contributed by atoms with Gasteiger partial charge in [-0.15, -0.1) is 0 Å². The number of aromatic nitrogens is 4. The summed E-state index contributed by atoms with van der Waals surface area (Å²) in [5, 5.41) is 9.36. The summed E-state index contributed by atoms with van der Waals surface area (Å²) in [7, 11) is 1.71. The van der Waals surface area contributed by atoms with Crippen LogP contribution >= 0.6 is 0 Å². The number of hydrogen-bond donors (Lipinski definition) is 0. The molecule has 0 amide bonds. The summed E-state index contributed by atoms with van der Waals surface area (Å²) >= 11 is 0. The molecule has 2 heterocycles. The molecule has 0 radical (unpaired) electrons. The maximum absolute atomic E-state index is 12.2. The van der Waals surface area contributed by atoms with E-state index >= 15 is 0 Å². The molecular weight excluding hydrogens is 374 g/mol. The van der Waals surface area contributed by atoms with E-state index in [9.17, 15) is 10.1 Å². The molecule has 0 saturated carbocycles. The lowest BCUT2D eigenvalue weighted by Crippen LogP contribution is -2.18. The molecule has 2 aromatic heterocycles. The van der Waals surface area contributed by atoms with Gasteiger partial charge in [-0.05, 0) is 36.1 Å². The molecule has 0 N–H and O–H groups in total. The summed E-state index contributed by atoms with van der Waals surface area (Å²) in [5.74, 6) is 0.762. The normalized spacial score (nSPS) is 11.0. The van der Waals surface area contributed by atoms with Gasteiger partial charge in [0.15, 0.2) is 5.65 Å². The van der Waals surface area contributed by atoms with Gasteiger partial charge in [-0.1, -0.05) is 55.8 Å². The second kappa shape index (κ2) is 7.96. The van der Waals surface area contributed by atoms with E-state index in [1.165, 1.54) is 4.68 Å². The number of nitrogens with zero attached hydrogens (tertiary/aromatic N) is 5. The van der Waals surface area contributed by atoms with E-state index in [-0.39, 0.29) is 5.69 Å². The Morgan fingerprint density at radius 2 is 1.80 bits per heavy atom. The Hall–Kier alpha value is -3.72. The Morgan fingerprint density at radius 1 is 1.07 bits per heavy atom. The maximum Gasteiger partial charge on any atom is 0.364 e. The molecule has 0 aliphatic carbocycles. The first-order valence-electron chi connectivity index (χ1n) is 10.1. The van der Waals surface area contributed by atoms with Crippen LogP contribution in [0.25, 0.3) is 16.8 Å². The number of fused-ring (bicyclic) bond motifs is 1. The topological polar surface area (TPSA) is 76.0 Å². The fourth-order valence-corrected chi connectivity index (χ4v) is 3.91. The van der Waals surface area contributed by atoms with Gasteiger partial charge in [-0.25, -0.2) is 19.0 Å². The Labute approximate surface area is 175 Å². The van der Waals surface area contributed by atoms with E-state index in [0.29, 0.717) is 17.6 Å². The van der Waals surface area contributed by atoms with Crippen molar-refractivity contribution < 1.29 is 0 Å². The first kappa shape index (κ1) is 19.6. The van der Waals surface area contributed by atoms with E-state index in [1.807, 2.05) is 43.3 Å². The van der Waals surface area contributed by atoms with Crippen molar-refractivity contribution in [3.8, 4) is 17.2 Å². The molecule has 0 aliphatic rings. The molecule has 4 rings (SSSR count). The summed E-state index contributed by atoms with van der Waals surface area (Å²) in [5.41, 5.74) is 6.08. The average molecular weight is 397 g/mol. The number of rotatable bonds is 5. The third kappa shape index (κ3) is 3.39. The zero-order chi connectivity index (χ0) is 21.3. The lowest BCUT2D eigenvalue weighted by Gasteiger charge is -2.13. The SMILES string of the molecule is CCCc1nc(C)n2c(nc(=O)n2C)c1Cc1ccc(-c2ccccc2C#N)cc1. The summed E-state index contributed by atoms with van der Waals surface area (Å²) in [4.78, 5) is 21.3. The fourth-order valence-electron chi connectivity index (χ4n) is 3.91. The van der Waals surface area contributed by atoms with Gasteiger partial charge in [0, 0.05) is 24.7 Å². The van der Waals surface area contributed by atoms with Crippen LogP contribution in [0.1, 0.15) is 41.6 Å². The first-order chi connectivity index (χ1) is 14.5. The molecule has 0 saturated heterocycles. The fraction of sp³-hybridized carbons (Fsp3) is 0.250. The highest BCUT2D eigenvalue weighted by Gasteiger charge is 2.17. The number of nitriles is 1. The second-order valence-electron chi connectivity index (χ2n) is 7.42. The van der Waals surface area contributed by atoms with Crippen LogP contribution in [-0.4, -0.2) is 19.2 Å². The van der Waals surface area contributed by atoms with E-state index < -0.39 is 0 Å². The third-order valence-corrected chi connectivity index (χ3v) is 5.38. The number of aryl methyl sites for hydroxylation is 3. The first-order valence-corrected chi connectivity index (χ1v) is 10.1. The molecule has 0 aliphatic heterocycles. The minimum absolute atomic E-state index is 0.279. The van der Waals surface area contributed by atoms with Crippen LogP contribution in [0, 0.1) is 18.3 Å². The predicted molar refractivity (Wildman–Crippen MR) is 116 cm³/mol. The molecule has 0 unspecified atom stereocenters. The highest BCUT2D eigenvalue weighted by molar-refractivity contribution is 5.70. The van der Waals surface area contributed by atoms with Crippen molar-refractivity contribution in [3.05, 3.63) is 87.2 Å². The van der Waals surface area contributed by atoms with Crippen molar-refractivity contribution in [2.45, 2.75) is 33.1 Å². The van der Waals surface area contributed by atoms with Crippen LogP contribution in [0.2, 0.25) is 0 Å². The van der Waals surface area contributed by atoms with Crippen LogP contribution < -0.4 is 5.69 Å². The molecule has 30 heavy (non-hydrogen) atoms. The average Bonchev–Trinajstić information content (AvgIpc) is 3.06. The van der Waals surface area contributed by atoms with Crippen LogP contribution in [0.3, 0.4) is 0 Å². The van der Waals surface area contributed by atoms with Crippen molar-refractivity contribution in [2.24, 2.45) is 7.05 Å². The number of hydrogen-bond acceptors (Lipinski definition) is 4. The molecule has 0 bridgehead atoms. The zero-order valence-corrected chi connectivity index (χ0v) is 17.4. The van der Waals surface area contributed by atoms with Gasteiger partial charge in [0.2, 0.25) is 0 Å². The largest absolute Gasteiger partial charge is 0.364 e. The van der Waals surface area contributed by atoms with E-state index in [1.54, 1.807) is 11.6 Å².